The van der Waals surface area contributed by atoms with Crippen molar-refractivity contribution in [2.24, 2.45) is 0 Å². The van der Waals surface area contributed by atoms with Crippen LogP contribution in [0.3, 0.4) is 0 Å². The second kappa shape index (κ2) is 5.01. The number of hydrogen-bond donors (Lipinski definition) is 1. The van der Waals surface area contributed by atoms with E-state index in [9.17, 15) is 4.39 Å². The molecule has 3 rings (SSSR count). The van der Waals surface area contributed by atoms with E-state index in [1.54, 1.807) is 6.07 Å². The van der Waals surface area contributed by atoms with E-state index in [1.165, 1.54) is 12.1 Å². The number of hydrogen-bond acceptors (Lipinski definition) is 2. The minimum absolute atomic E-state index is 0.259. The van der Waals surface area contributed by atoms with Crippen molar-refractivity contribution >= 4 is 27.1 Å². The fourth-order valence-corrected chi connectivity index (χ4v) is 2.33. The van der Waals surface area contributed by atoms with Crippen LogP contribution in [0.2, 0.25) is 0 Å². The normalized spacial score (nSPS) is 10.8. The lowest BCUT2D eigenvalue weighted by Crippen LogP contribution is -2.00. The van der Waals surface area contributed by atoms with Crippen LogP contribution in [0.1, 0.15) is 5.56 Å². The zero-order valence-electron chi connectivity index (χ0n) is 9.98. The highest BCUT2D eigenvalue weighted by Gasteiger charge is 2.05. The van der Waals surface area contributed by atoms with Crippen molar-refractivity contribution in [2.45, 2.75) is 6.54 Å². The van der Waals surface area contributed by atoms with Gasteiger partial charge in [0.2, 0.25) is 0 Å². The van der Waals surface area contributed by atoms with E-state index in [-0.39, 0.29) is 5.82 Å². The average Bonchev–Trinajstić information content (AvgIpc) is 2.83. The number of anilines is 1. The fourth-order valence-electron chi connectivity index (χ4n) is 1.95. The highest BCUT2D eigenvalue weighted by molar-refractivity contribution is 9.10. The molecule has 0 saturated carbocycles. The third-order valence-corrected chi connectivity index (χ3v) is 3.60. The Morgan fingerprint density at radius 2 is 2.16 bits per heavy atom. The maximum Gasteiger partial charge on any atom is 0.125 e. The summed E-state index contributed by atoms with van der Waals surface area (Å²) in [6, 6.07) is 10.5. The number of fused-ring (bicyclic) bond motifs is 1. The van der Waals surface area contributed by atoms with E-state index in [1.807, 2.05) is 35.1 Å². The number of halogens is 2. The molecule has 0 radical (unpaired) electrons. The third kappa shape index (κ3) is 2.46. The van der Waals surface area contributed by atoms with Gasteiger partial charge in [0.25, 0.3) is 0 Å². The summed E-state index contributed by atoms with van der Waals surface area (Å²) in [7, 11) is 0. The van der Waals surface area contributed by atoms with Crippen molar-refractivity contribution in [3.63, 3.8) is 0 Å². The van der Waals surface area contributed by atoms with Crippen LogP contribution in [0.15, 0.2) is 53.3 Å². The molecule has 0 aliphatic carbocycles. The van der Waals surface area contributed by atoms with Crippen LogP contribution >= 0.6 is 15.9 Å². The molecule has 2 heterocycles. The summed E-state index contributed by atoms with van der Waals surface area (Å²) in [5.41, 5.74) is 2.84. The maximum absolute atomic E-state index is 13.2. The van der Waals surface area contributed by atoms with Crippen LogP contribution in [0, 0.1) is 5.82 Å². The summed E-state index contributed by atoms with van der Waals surface area (Å²) < 4.78 is 15.8. The van der Waals surface area contributed by atoms with Gasteiger partial charge in [-0.15, -0.1) is 0 Å². The molecule has 0 saturated heterocycles. The number of nitrogens with one attached hydrogen (secondary N) is 1. The summed E-state index contributed by atoms with van der Waals surface area (Å²) >= 11 is 3.39. The second-order valence-electron chi connectivity index (χ2n) is 4.18. The van der Waals surface area contributed by atoms with Crippen LogP contribution in [0.25, 0.3) is 5.52 Å². The van der Waals surface area contributed by atoms with E-state index < -0.39 is 0 Å². The predicted molar refractivity (Wildman–Crippen MR) is 76.6 cm³/mol. The molecule has 96 valence electrons. The number of pyridine rings is 1. The highest BCUT2D eigenvalue weighted by atomic mass is 79.9. The zero-order chi connectivity index (χ0) is 13.2. The highest BCUT2D eigenvalue weighted by Crippen LogP contribution is 2.24. The van der Waals surface area contributed by atoms with Crippen molar-refractivity contribution in [1.82, 2.24) is 9.61 Å². The fraction of sp³-hybridized carbons (Fsp3) is 0.0714. The lowest BCUT2D eigenvalue weighted by molar-refractivity contribution is 0.628. The second-order valence-corrected chi connectivity index (χ2v) is 5.03. The van der Waals surface area contributed by atoms with E-state index in [0.29, 0.717) is 6.54 Å². The first-order valence-electron chi connectivity index (χ1n) is 5.84. The molecule has 2 aromatic heterocycles. The van der Waals surface area contributed by atoms with Crippen molar-refractivity contribution < 1.29 is 4.39 Å². The summed E-state index contributed by atoms with van der Waals surface area (Å²) in [6.07, 6.45) is 3.71. The van der Waals surface area contributed by atoms with Gasteiger partial charge in [-0.3, -0.25) is 0 Å². The molecule has 1 N–H and O–H groups in total. The number of aromatic nitrogens is 2. The molecule has 1 aromatic carbocycles. The molecule has 5 heteroatoms. The van der Waals surface area contributed by atoms with Crippen LogP contribution in [-0.2, 0) is 6.54 Å². The Morgan fingerprint density at radius 1 is 1.26 bits per heavy atom. The number of rotatable bonds is 3. The lowest BCUT2D eigenvalue weighted by atomic mass is 10.2. The molecule has 19 heavy (non-hydrogen) atoms. The number of benzene rings is 1. The molecular weight excluding hydrogens is 309 g/mol. The van der Waals surface area contributed by atoms with Crippen LogP contribution < -0.4 is 5.32 Å². The summed E-state index contributed by atoms with van der Waals surface area (Å²) in [6.45, 7) is 0.593. The molecule has 0 aliphatic heterocycles. The molecule has 0 spiro atoms. The third-order valence-electron chi connectivity index (χ3n) is 2.90. The van der Waals surface area contributed by atoms with Gasteiger partial charge in [0.1, 0.15) is 5.82 Å². The minimum atomic E-state index is -0.259. The van der Waals surface area contributed by atoms with Crippen molar-refractivity contribution in [3.8, 4) is 0 Å². The van der Waals surface area contributed by atoms with Gasteiger partial charge in [0.05, 0.1) is 17.4 Å². The summed E-state index contributed by atoms with van der Waals surface area (Å²) in [5, 5.41) is 7.47. The van der Waals surface area contributed by atoms with Gasteiger partial charge in [0, 0.05) is 22.8 Å². The smallest absolute Gasteiger partial charge is 0.125 e. The molecular formula is C14H11BrFN3. The molecule has 3 aromatic rings. The van der Waals surface area contributed by atoms with E-state index in [4.69, 9.17) is 0 Å². The summed E-state index contributed by atoms with van der Waals surface area (Å²) in [5.74, 6) is -0.259. The molecule has 0 atom stereocenters. The Bertz CT molecular complexity index is 724. The van der Waals surface area contributed by atoms with Crippen molar-refractivity contribution in [2.75, 3.05) is 5.32 Å². The SMILES string of the molecule is Fc1ccc(Br)c(NCc2cnn3ccccc23)c1. The largest absolute Gasteiger partial charge is 0.380 e. The quantitative estimate of drug-likeness (QED) is 0.794. The van der Waals surface area contributed by atoms with E-state index >= 15 is 0 Å². The first-order valence-corrected chi connectivity index (χ1v) is 6.63. The van der Waals surface area contributed by atoms with Crippen LogP contribution in [0.5, 0.6) is 0 Å². The first-order chi connectivity index (χ1) is 9.24. The van der Waals surface area contributed by atoms with Gasteiger partial charge < -0.3 is 5.32 Å². The Balaban J connectivity index is 1.84. The van der Waals surface area contributed by atoms with Gasteiger partial charge in [-0.2, -0.15) is 5.10 Å². The molecule has 0 unspecified atom stereocenters. The Hall–Kier alpha value is -1.88. The molecule has 0 fully saturated rings. The predicted octanol–water partition coefficient (Wildman–Crippen LogP) is 3.85. The standard InChI is InChI=1S/C14H11BrFN3/c15-12-5-4-11(16)7-13(12)17-8-10-9-18-19-6-2-1-3-14(10)19/h1-7,9,17H,8H2. The molecule has 0 amide bonds. The molecule has 0 aliphatic rings. The van der Waals surface area contributed by atoms with Gasteiger partial charge in [-0.25, -0.2) is 8.91 Å². The zero-order valence-corrected chi connectivity index (χ0v) is 11.6. The first kappa shape index (κ1) is 12.2. The maximum atomic E-state index is 13.2. The average molecular weight is 320 g/mol. The van der Waals surface area contributed by atoms with Crippen LogP contribution in [0.4, 0.5) is 10.1 Å². The molecule has 0 bridgehead atoms. The minimum Gasteiger partial charge on any atom is -0.380 e. The van der Waals surface area contributed by atoms with E-state index in [2.05, 4.69) is 26.3 Å². The van der Waals surface area contributed by atoms with Gasteiger partial charge in [0.15, 0.2) is 0 Å². The van der Waals surface area contributed by atoms with Gasteiger partial charge in [-0.05, 0) is 46.3 Å². The van der Waals surface area contributed by atoms with Crippen molar-refractivity contribution in [3.05, 3.63) is 64.6 Å². The Morgan fingerprint density at radius 3 is 3.05 bits per heavy atom. The van der Waals surface area contributed by atoms with Gasteiger partial charge >= 0.3 is 0 Å². The molecule has 3 nitrogen and oxygen atoms in total. The van der Waals surface area contributed by atoms with Crippen molar-refractivity contribution in [1.29, 1.82) is 0 Å². The Kier molecular flexibility index (Phi) is 3.21. The summed E-state index contributed by atoms with van der Waals surface area (Å²) in [4.78, 5) is 0. The lowest BCUT2D eigenvalue weighted by Gasteiger charge is -2.07. The number of nitrogens with zero attached hydrogens (tertiary/aromatic N) is 2. The van der Waals surface area contributed by atoms with E-state index in [0.717, 1.165) is 21.2 Å². The topological polar surface area (TPSA) is 29.3 Å². The monoisotopic (exact) mass is 319 g/mol. The van der Waals surface area contributed by atoms with Crippen LogP contribution in [-0.4, -0.2) is 9.61 Å². The Labute approximate surface area is 118 Å². The van der Waals surface area contributed by atoms with Gasteiger partial charge in [-0.1, -0.05) is 6.07 Å².